The van der Waals surface area contributed by atoms with Gasteiger partial charge in [-0.05, 0) is 36.6 Å². The zero-order chi connectivity index (χ0) is 12.3. The SMILES string of the molecule is CC(=O)OCCCc1c[nH]c2ccc(Br)cc12. The van der Waals surface area contributed by atoms with E-state index in [1.807, 2.05) is 12.3 Å². The van der Waals surface area contributed by atoms with E-state index in [1.165, 1.54) is 17.9 Å². The van der Waals surface area contributed by atoms with E-state index in [4.69, 9.17) is 4.74 Å². The summed E-state index contributed by atoms with van der Waals surface area (Å²) in [6.45, 7) is 1.92. The molecule has 0 unspecified atom stereocenters. The molecule has 0 saturated heterocycles. The van der Waals surface area contributed by atoms with Crippen LogP contribution < -0.4 is 0 Å². The van der Waals surface area contributed by atoms with Gasteiger partial charge in [0.1, 0.15) is 0 Å². The van der Waals surface area contributed by atoms with E-state index in [2.05, 4.69) is 33.0 Å². The van der Waals surface area contributed by atoms with Crippen molar-refractivity contribution in [1.29, 1.82) is 0 Å². The number of aryl methyl sites for hydroxylation is 1. The molecule has 1 aromatic heterocycles. The first-order valence-corrected chi connectivity index (χ1v) is 6.35. The fourth-order valence-corrected chi connectivity index (χ4v) is 2.20. The Hall–Kier alpha value is -1.29. The molecule has 3 nitrogen and oxygen atoms in total. The standard InChI is InChI=1S/C13H14BrNO2/c1-9(16)17-6-2-3-10-8-15-13-5-4-11(14)7-12(10)13/h4-5,7-8,15H,2-3,6H2,1H3. The van der Waals surface area contributed by atoms with Gasteiger partial charge in [-0.15, -0.1) is 0 Å². The number of carbonyl (C=O) groups is 1. The summed E-state index contributed by atoms with van der Waals surface area (Å²) in [5, 5.41) is 1.22. The molecule has 0 fully saturated rings. The lowest BCUT2D eigenvalue weighted by Crippen LogP contribution is -2.01. The number of aromatic amines is 1. The van der Waals surface area contributed by atoms with Gasteiger partial charge >= 0.3 is 5.97 Å². The number of hydrogen-bond donors (Lipinski definition) is 1. The van der Waals surface area contributed by atoms with Crippen LogP contribution in [-0.2, 0) is 16.0 Å². The second kappa shape index (κ2) is 5.36. The Balaban J connectivity index is 2.03. The highest BCUT2D eigenvalue weighted by Crippen LogP contribution is 2.23. The van der Waals surface area contributed by atoms with E-state index < -0.39 is 0 Å². The second-order valence-electron chi connectivity index (χ2n) is 3.95. The van der Waals surface area contributed by atoms with Gasteiger partial charge < -0.3 is 9.72 Å². The van der Waals surface area contributed by atoms with Crippen LogP contribution in [0.2, 0.25) is 0 Å². The Labute approximate surface area is 108 Å². The molecule has 1 aromatic carbocycles. The van der Waals surface area contributed by atoms with Crippen LogP contribution in [0.15, 0.2) is 28.9 Å². The highest BCUT2D eigenvalue weighted by molar-refractivity contribution is 9.10. The van der Waals surface area contributed by atoms with Gasteiger partial charge in [-0.25, -0.2) is 0 Å². The summed E-state index contributed by atoms with van der Waals surface area (Å²) in [4.78, 5) is 13.9. The van der Waals surface area contributed by atoms with E-state index >= 15 is 0 Å². The summed E-state index contributed by atoms with van der Waals surface area (Å²) in [5.41, 5.74) is 2.39. The first-order valence-electron chi connectivity index (χ1n) is 5.55. The molecule has 4 heteroatoms. The van der Waals surface area contributed by atoms with Crippen LogP contribution in [0.3, 0.4) is 0 Å². The predicted molar refractivity (Wildman–Crippen MR) is 71.0 cm³/mol. The van der Waals surface area contributed by atoms with Crippen LogP contribution >= 0.6 is 15.9 Å². The van der Waals surface area contributed by atoms with Gasteiger partial charge in [0, 0.05) is 28.5 Å². The largest absolute Gasteiger partial charge is 0.466 e. The summed E-state index contributed by atoms with van der Waals surface area (Å²) < 4.78 is 5.99. The molecule has 0 aliphatic heterocycles. The summed E-state index contributed by atoms with van der Waals surface area (Å²) in [7, 11) is 0. The molecule has 0 amide bonds. The number of benzene rings is 1. The molecule has 0 radical (unpaired) electrons. The molecular formula is C13H14BrNO2. The van der Waals surface area contributed by atoms with Gasteiger partial charge in [0.25, 0.3) is 0 Å². The van der Waals surface area contributed by atoms with Crippen molar-refractivity contribution in [1.82, 2.24) is 4.98 Å². The number of aromatic nitrogens is 1. The number of ether oxygens (including phenoxy) is 1. The normalized spacial score (nSPS) is 10.7. The average Bonchev–Trinajstić information content (AvgIpc) is 2.67. The lowest BCUT2D eigenvalue weighted by atomic mass is 10.1. The molecule has 0 atom stereocenters. The first-order chi connectivity index (χ1) is 8.16. The number of carbonyl (C=O) groups excluding carboxylic acids is 1. The number of fused-ring (bicyclic) bond motifs is 1. The minimum absolute atomic E-state index is 0.216. The number of hydrogen-bond acceptors (Lipinski definition) is 2. The van der Waals surface area contributed by atoms with Gasteiger partial charge in [0.2, 0.25) is 0 Å². The van der Waals surface area contributed by atoms with Gasteiger partial charge in [0.15, 0.2) is 0 Å². The van der Waals surface area contributed by atoms with Crippen molar-refractivity contribution in [2.24, 2.45) is 0 Å². The lowest BCUT2D eigenvalue weighted by molar-refractivity contribution is -0.141. The van der Waals surface area contributed by atoms with E-state index in [9.17, 15) is 4.79 Å². The van der Waals surface area contributed by atoms with Crippen LogP contribution in [0, 0.1) is 0 Å². The van der Waals surface area contributed by atoms with Crippen molar-refractivity contribution >= 4 is 32.8 Å². The maximum absolute atomic E-state index is 10.6. The van der Waals surface area contributed by atoms with Crippen LogP contribution in [-0.4, -0.2) is 17.6 Å². The molecule has 0 aliphatic rings. The van der Waals surface area contributed by atoms with E-state index in [0.29, 0.717) is 6.61 Å². The highest BCUT2D eigenvalue weighted by Gasteiger charge is 2.04. The van der Waals surface area contributed by atoms with Crippen molar-refractivity contribution < 1.29 is 9.53 Å². The molecule has 1 heterocycles. The number of nitrogens with one attached hydrogen (secondary N) is 1. The fourth-order valence-electron chi connectivity index (χ4n) is 1.84. The Morgan fingerprint density at radius 3 is 3.06 bits per heavy atom. The zero-order valence-electron chi connectivity index (χ0n) is 9.63. The maximum atomic E-state index is 10.6. The molecule has 0 saturated carbocycles. The minimum atomic E-state index is -0.216. The average molecular weight is 296 g/mol. The first kappa shape index (κ1) is 12.2. The molecule has 0 spiro atoms. The van der Waals surface area contributed by atoms with Crippen molar-refractivity contribution in [3.63, 3.8) is 0 Å². The van der Waals surface area contributed by atoms with E-state index in [1.54, 1.807) is 0 Å². The van der Waals surface area contributed by atoms with Crippen molar-refractivity contribution in [2.75, 3.05) is 6.61 Å². The van der Waals surface area contributed by atoms with Crippen LogP contribution in [0.5, 0.6) is 0 Å². The smallest absolute Gasteiger partial charge is 0.302 e. The molecule has 2 aromatic rings. The van der Waals surface area contributed by atoms with Gasteiger partial charge in [-0.3, -0.25) is 4.79 Å². The Bertz CT molecular complexity index is 533. The summed E-state index contributed by atoms with van der Waals surface area (Å²) >= 11 is 3.47. The fraction of sp³-hybridized carbons (Fsp3) is 0.308. The Kier molecular flexibility index (Phi) is 3.84. The zero-order valence-corrected chi connectivity index (χ0v) is 11.2. The molecule has 2 rings (SSSR count). The summed E-state index contributed by atoms with van der Waals surface area (Å²) in [6, 6.07) is 6.17. The number of esters is 1. The second-order valence-corrected chi connectivity index (χ2v) is 4.86. The third-order valence-corrected chi connectivity index (χ3v) is 3.12. The third-order valence-electron chi connectivity index (χ3n) is 2.63. The number of H-pyrrole nitrogens is 1. The molecule has 90 valence electrons. The quantitative estimate of drug-likeness (QED) is 0.694. The molecule has 0 aliphatic carbocycles. The van der Waals surface area contributed by atoms with Gasteiger partial charge in [-0.1, -0.05) is 15.9 Å². The number of halogens is 1. The molecule has 0 bridgehead atoms. The topological polar surface area (TPSA) is 42.1 Å². The Morgan fingerprint density at radius 1 is 1.47 bits per heavy atom. The van der Waals surface area contributed by atoms with Crippen molar-refractivity contribution in [2.45, 2.75) is 19.8 Å². The van der Waals surface area contributed by atoms with E-state index in [0.717, 1.165) is 22.8 Å². The molecular weight excluding hydrogens is 282 g/mol. The van der Waals surface area contributed by atoms with Crippen LogP contribution in [0.1, 0.15) is 18.9 Å². The van der Waals surface area contributed by atoms with Crippen molar-refractivity contribution in [3.8, 4) is 0 Å². The maximum Gasteiger partial charge on any atom is 0.302 e. The van der Waals surface area contributed by atoms with Gasteiger partial charge in [-0.2, -0.15) is 0 Å². The van der Waals surface area contributed by atoms with Crippen LogP contribution in [0.4, 0.5) is 0 Å². The van der Waals surface area contributed by atoms with Crippen LogP contribution in [0.25, 0.3) is 10.9 Å². The lowest BCUT2D eigenvalue weighted by Gasteiger charge is -2.01. The molecule has 1 N–H and O–H groups in total. The minimum Gasteiger partial charge on any atom is -0.466 e. The summed E-state index contributed by atoms with van der Waals surface area (Å²) in [5.74, 6) is -0.216. The Morgan fingerprint density at radius 2 is 2.29 bits per heavy atom. The molecule has 17 heavy (non-hydrogen) atoms. The predicted octanol–water partition coefficient (Wildman–Crippen LogP) is 3.43. The third kappa shape index (κ3) is 3.09. The number of rotatable bonds is 4. The summed E-state index contributed by atoms with van der Waals surface area (Å²) in [6.07, 6.45) is 3.77. The van der Waals surface area contributed by atoms with Crippen molar-refractivity contribution in [3.05, 3.63) is 34.4 Å². The van der Waals surface area contributed by atoms with E-state index in [-0.39, 0.29) is 5.97 Å². The highest BCUT2D eigenvalue weighted by atomic mass is 79.9. The van der Waals surface area contributed by atoms with Gasteiger partial charge in [0.05, 0.1) is 6.61 Å². The monoisotopic (exact) mass is 295 g/mol.